The lowest BCUT2D eigenvalue weighted by molar-refractivity contribution is -0.118. The Balaban J connectivity index is 1.24. The van der Waals surface area contributed by atoms with E-state index in [4.69, 9.17) is 11.6 Å². The highest BCUT2D eigenvalue weighted by Gasteiger charge is 2.09. The van der Waals surface area contributed by atoms with Crippen molar-refractivity contribution in [3.8, 4) is 0 Å². The Hall–Kier alpha value is -2.39. The van der Waals surface area contributed by atoms with Crippen LogP contribution in [0, 0.1) is 0 Å². The molecule has 0 saturated heterocycles. The number of halogens is 1. The molecule has 0 spiro atoms. The number of nitrogens with one attached hydrogen (secondary N) is 1. The molecular formula is C22H17ClN4OS3. The maximum atomic E-state index is 12.1. The van der Waals surface area contributed by atoms with Crippen molar-refractivity contribution >= 4 is 69.4 Å². The summed E-state index contributed by atoms with van der Waals surface area (Å²) in [5, 5.41) is 15.4. The molecule has 0 aliphatic carbocycles. The number of hydrogen-bond acceptors (Lipinski definition) is 7. The fourth-order valence-electron chi connectivity index (χ4n) is 2.74. The van der Waals surface area contributed by atoms with E-state index in [2.05, 4.69) is 20.7 Å². The molecule has 0 aliphatic heterocycles. The van der Waals surface area contributed by atoms with E-state index in [1.807, 2.05) is 66.7 Å². The van der Waals surface area contributed by atoms with Gasteiger partial charge in [-0.2, -0.15) is 5.10 Å². The third kappa shape index (κ3) is 6.30. The first-order valence-electron chi connectivity index (χ1n) is 9.30. The summed E-state index contributed by atoms with van der Waals surface area (Å²) in [5.74, 6) is 0.829. The van der Waals surface area contributed by atoms with Gasteiger partial charge in [-0.15, -0.1) is 10.2 Å². The van der Waals surface area contributed by atoms with E-state index in [1.54, 1.807) is 18.0 Å². The van der Waals surface area contributed by atoms with Crippen LogP contribution in [0.5, 0.6) is 0 Å². The average molecular weight is 485 g/mol. The summed E-state index contributed by atoms with van der Waals surface area (Å²) in [6.45, 7) is 0. The van der Waals surface area contributed by atoms with E-state index in [0.29, 0.717) is 0 Å². The summed E-state index contributed by atoms with van der Waals surface area (Å²) in [6, 6.07) is 21.8. The molecule has 1 N–H and O–H groups in total. The third-order valence-corrected chi connectivity index (χ3v) is 7.72. The van der Waals surface area contributed by atoms with Crippen molar-refractivity contribution in [3.63, 3.8) is 0 Å². The van der Waals surface area contributed by atoms with E-state index in [1.165, 1.54) is 28.7 Å². The lowest BCUT2D eigenvalue weighted by Gasteiger charge is -2.01. The molecule has 4 rings (SSSR count). The van der Waals surface area contributed by atoms with Crippen molar-refractivity contribution in [3.05, 3.63) is 82.9 Å². The second-order valence-electron chi connectivity index (χ2n) is 6.40. The molecule has 9 heteroatoms. The normalized spacial score (nSPS) is 11.3. The van der Waals surface area contributed by atoms with Gasteiger partial charge in [0.2, 0.25) is 0 Å². The van der Waals surface area contributed by atoms with Crippen LogP contribution in [0.4, 0.5) is 0 Å². The van der Waals surface area contributed by atoms with Gasteiger partial charge >= 0.3 is 0 Å². The van der Waals surface area contributed by atoms with Gasteiger partial charge in [-0.1, -0.05) is 101 Å². The minimum absolute atomic E-state index is 0.188. The number of aromatic nitrogens is 2. The van der Waals surface area contributed by atoms with Crippen LogP contribution in [0.3, 0.4) is 0 Å². The summed E-state index contributed by atoms with van der Waals surface area (Å²) < 4.78 is 1.62. The molecule has 0 aliphatic rings. The minimum atomic E-state index is -0.188. The lowest BCUT2D eigenvalue weighted by atomic mass is 10.1. The predicted octanol–water partition coefficient (Wildman–Crippen LogP) is 5.88. The van der Waals surface area contributed by atoms with Crippen molar-refractivity contribution in [1.82, 2.24) is 15.6 Å². The van der Waals surface area contributed by atoms with Gasteiger partial charge < -0.3 is 0 Å². The van der Waals surface area contributed by atoms with Gasteiger partial charge in [-0.25, -0.2) is 5.43 Å². The zero-order valence-electron chi connectivity index (χ0n) is 16.2. The summed E-state index contributed by atoms with van der Waals surface area (Å²) in [5.41, 5.74) is 4.70. The van der Waals surface area contributed by atoms with Gasteiger partial charge in [-0.3, -0.25) is 4.79 Å². The summed E-state index contributed by atoms with van der Waals surface area (Å²) in [6.07, 6.45) is 1.67. The molecule has 3 aromatic carbocycles. The Morgan fingerprint density at radius 1 is 1.00 bits per heavy atom. The topological polar surface area (TPSA) is 67.2 Å². The van der Waals surface area contributed by atoms with Crippen LogP contribution in [0.15, 0.2) is 80.5 Å². The molecule has 156 valence electrons. The number of carbonyl (C=O) groups excluding carboxylic acids is 1. The number of rotatable bonds is 8. The first kappa shape index (κ1) is 21.8. The van der Waals surface area contributed by atoms with E-state index in [0.717, 1.165) is 35.8 Å². The minimum Gasteiger partial charge on any atom is -0.272 e. The van der Waals surface area contributed by atoms with E-state index in [-0.39, 0.29) is 11.7 Å². The van der Waals surface area contributed by atoms with E-state index in [9.17, 15) is 4.79 Å². The number of nitrogens with zero attached hydrogens (tertiary/aromatic N) is 3. The Morgan fingerprint density at radius 3 is 2.58 bits per heavy atom. The van der Waals surface area contributed by atoms with Gasteiger partial charge in [0.25, 0.3) is 5.91 Å². The van der Waals surface area contributed by atoms with Gasteiger partial charge in [-0.05, 0) is 28.5 Å². The molecule has 1 amide bonds. The Bertz CT molecular complexity index is 1210. The highest BCUT2D eigenvalue weighted by molar-refractivity contribution is 8.03. The smallest absolute Gasteiger partial charge is 0.250 e. The number of thioether (sulfide) groups is 2. The largest absolute Gasteiger partial charge is 0.272 e. The molecule has 0 saturated carbocycles. The highest BCUT2D eigenvalue weighted by atomic mass is 35.5. The standard InChI is InChI=1S/C22H17ClN4OS3/c23-18-10-8-15(9-11-18)13-29-21-26-27-22(31-21)30-14-20(28)25-24-12-17-6-3-5-16-4-1-2-7-19(16)17/h1-12H,13-14H2,(H,25,28)/b24-12+. The maximum Gasteiger partial charge on any atom is 0.250 e. The van der Waals surface area contributed by atoms with Gasteiger partial charge in [0, 0.05) is 16.3 Å². The van der Waals surface area contributed by atoms with Crippen molar-refractivity contribution < 1.29 is 4.79 Å². The number of fused-ring (bicyclic) bond motifs is 1. The second kappa shape index (κ2) is 10.8. The van der Waals surface area contributed by atoms with Crippen LogP contribution < -0.4 is 5.43 Å². The summed E-state index contributed by atoms with van der Waals surface area (Å²) in [4.78, 5) is 12.1. The van der Waals surface area contributed by atoms with Gasteiger partial charge in [0.1, 0.15) is 0 Å². The zero-order valence-corrected chi connectivity index (χ0v) is 19.4. The Labute approximate surface area is 197 Å². The molecule has 0 radical (unpaired) electrons. The summed E-state index contributed by atoms with van der Waals surface area (Å²) >= 11 is 10.3. The number of benzene rings is 3. The molecule has 0 bridgehead atoms. The molecule has 5 nitrogen and oxygen atoms in total. The first-order valence-corrected chi connectivity index (χ1v) is 12.5. The predicted molar refractivity (Wildman–Crippen MR) is 131 cm³/mol. The quantitative estimate of drug-likeness (QED) is 0.192. The van der Waals surface area contributed by atoms with Crippen molar-refractivity contribution in [2.45, 2.75) is 14.4 Å². The van der Waals surface area contributed by atoms with E-state index < -0.39 is 0 Å². The second-order valence-corrected chi connectivity index (χ2v) is 10.3. The van der Waals surface area contributed by atoms with E-state index >= 15 is 0 Å². The number of hydrogen-bond donors (Lipinski definition) is 1. The van der Waals surface area contributed by atoms with Crippen molar-refractivity contribution in [1.29, 1.82) is 0 Å². The SMILES string of the molecule is O=C(CSc1nnc(SCc2ccc(Cl)cc2)s1)N/N=C/c1cccc2ccccc12. The van der Waals surface area contributed by atoms with Crippen molar-refractivity contribution in [2.75, 3.05) is 5.75 Å². The molecular weight excluding hydrogens is 468 g/mol. The molecule has 0 unspecified atom stereocenters. The summed E-state index contributed by atoms with van der Waals surface area (Å²) in [7, 11) is 0. The molecule has 4 aromatic rings. The first-order chi connectivity index (χ1) is 15.2. The third-order valence-electron chi connectivity index (χ3n) is 4.21. The molecule has 0 fully saturated rings. The van der Waals surface area contributed by atoms with Crippen LogP contribution >= 0.6 is 46.5 Å². The van der Waals surface area contributed by atoms with Crippen LogP contribution in [0.2, 0.25) is 5.02 Å². The average Bonchev–Trinajstić information content (AvgIpc) is 3.25. The number of hydrazone groups is 1. The number of carbonyl (C=O) groups is 1. The Kier molecular flexibility index (Phi) is 7.58. The lowest BCUT2D eigenvalue weighted by Crippen LogP contribution is -2.19. The van der Waals surface area contributed by atoms with Crippen LogP contribution in [0.1, 0.15) is 11.1 Å². The van der Waals surface area contributed by atoms with Gasteiger partial charge in [0.15, 0.2) is 8.68 Å². The maximum absolute atomic E-state index is 12.1. The molecule has 1 aromatic heterocycles. The van der Waals surface area contributed by atoms with Crippen LogP contribution in [-0.2, 0) is 10.5 Å². The van der Waals surface area contributed by atoms with Crippen molar-refractivity contribution in [2.24, 2.45) is 5.10 Å². The fourth-order valence-corrected chi connectivity index (χ4v) is 5.63. The molecule has 1 heterocycles. The fraction of sp³-hybridized carbons (Fsp3) is 0.0909. The van der Waals surface area contributed by atoms with Gasteiger partial charge in [0.05, 0.1) is 12.0 Å². The zero-order chi connectivity index (χ0) is 21.5. The highest BCUT2D eigenvalue weighted by Crippen LogP contribution is 2.30. The Morgan fingerprint density at radius 2 is 1.74 bits per heavy atom. The molecule has 31 heavy (non-hydrogen) atoms. The van der Waals surface area contributed by atoms with Crippen LogP contribution in [0.25, 0.3) is 10.8 Å². The van der Waals surface area contributed by atoms with Crippen LogP contribution in [-0.4, -0.2) is 28.1 Å². The monoisotopic (exact) mass is 484 g/mol. The number of amides is 1. The molecule has 0 atom stereocenters.